The van der Waals surface area contributed by atoms with E-state index in [1.54, 1.807) is 0 Å². The van der Waals surface area contributed by atoms with Crippen molar-refractivity contribution in [2.75, 3.05) is 29.9 Å². The molecule has 0 spiro atoms. The number of terminal acetylenes is 1. The maximum Gasteiger partial charge on any atom is 0.0763 e. The van der Waals surface area contributed by atoms with Gasteiger partial charge in [0.2, 0.25) is 0 Å². The Morgan fingerprint density at radius 2 is 2.13 bits per heavy atom. The van der Waals surface area contributed by atoms with E-state index in [1.807, 2.05) is 0 Å². The fourth-order valence-electron chi connectivity index (χ4n) is 1.94. The Labute approximate surface area is 91.3 Å². The molecular weight excluding hydrogens is 184 g/mol. The second kappa shape index (κ2) is 4.75. The quantitative estimate of drug-likeness (QED) is 0.753. The summed E-state index contributed by atoms with van der Waals surface area (Å²) in [6.45, 7) is 2.95. The molecule has 1 heterocycles. The highest BCUT2D eigenvalue weighted by Crippen LogP contribution is 2.22. The maximum atomic E-state index is 5.21. The maximum absolute atomic E-state index is 5.21. The predicted octanol–water partition coefficient (Wildman–Crippen LogP) is 2.33. The highest BCUT2D eigenvalue weighted by atomic mass is 15.1. The first kappa shape index (κ1) is 9.92. The molecule has 0 amide bonds. The summed E-state index contributed by atoms with van der Waals surface area (Å²) in [6.07, 6.45) is 7.83. The molecule has 1 aliphatic heterocycles. The normalized spacial score (nSPS) is 15.0. The van der Waals surface area contributed by atoms with Crippen LogP contribution in [0, 0.1) is 12.3 Å². The van der Waals surface area contributed by atoms with Crippen molar-refractivity contribution in [1.29, 1.82) is 0 Å². The standard InChI is InChI=1S/C13H16N2/c1-2-8-14-12-6-5-7-13(11-12)15-9-3-4-10-15/h1,5-7,11,14H,3-4,8-10H2. The summed E-state index contributed by atoms with van der Waals surface area (Å²) in [5.74, 6) is 2.58. The molecule has 0 saturated carbocycles. The minimum absolute atomic E-state index is 0.587. The molecule has 2 nitrogen and oxygen atoms in total. The zero-order chi connectivity index (χ0) is 10.5. The van der Waals surface area contributed by atoms with E-state index in [4.69, 9.17) is 6.42 Å². The lowest BCUT2D eigenvalue weighted by Crippen LogP contribution is -2.17. The van der Waals surface area contributed by atoms with Crippen molar-refractivity contribution >= 4 is 11.4 Å². The van der Waals surface area contributed by atoms with Crippen LogP contribution in [0.5, 0.6) is 0 Å². The van der Waals surface area contributed by atoms with Crippen molar-refractivity contribution in [3.05, 3.63) is 24.3 Å². The van der Waals surface area contributed by atoms with Gasteiger partial charge in [-0.05, 0) is 31.0 Å². The van der Waals surface area contributed by atoms with Crippen LogP contribution in [0.1, 0.15) is 12.8 Å². The summed E-state index contributed by atoms with van der Waals surface area (Å²) in [5, 5.41) is 3.20. The first-order valence-corrected chi connectivity index (χ1v) is 5.42. The molecule has 0 radical (unpaired) electrons. The summed E-state index contributed by atoms with van der Waals surface area (Å²) in [5.41, 5.74) is 2.41. The van der Waals surface area contributed by atoms with Crippen LogP contribution in [0.2, 0.25) is 0 Å². The Morgan fingerprint density at radius 3 is 2.87 bits per heavy atom. The number of hydrogen-bond donors (Lipinski definition) is 1. The van der Waals surface area contributed by atoms with Crippen LogP contribution in [0.25, 0.3) is 0 Å². The summed E-state index contributed by atoms with van der Waals surface area (Å²) < 4.78 is 0. The van der Waals surface area contributed by atoms with E-state index >= 15 is 0 Å². The van der Waals surface area contributed by atoms with E-state index < -0.39 is 0 Å². The molecule has 78 valence electrons. The smallest absolute Gasteiger partial charge is 0.0763 e. The third-order valence-electron chi connectivity index (χ3n) is 2.71. The molecule has 1 aliphatic rings. The summed E-state index contributed by atoms with van der Waals surface area (Å²) in [4.78, 5) is 2.42. The Bertz CT molecular complexity index is 359. The van der Waals surface area contributed by atoms with Gasteiger partial charge in [0.1, 0.15) is 0 Å². The predicted molar refractivity (Wildman–Crippen MR) is 65.2 cm³/mol. The highest BCUT2D eigenvalue weighted by Gasteiger charge is 2.11. The second-order valence-corrected chi connectivity index (χ2v) is 3.80. The zero-order valence-corrected chi connectivity index (χ0v) is 8.87. The first-order valence-electron chi connectivity index (χ1n) is 5.42. The first-order chi connectivity index (χ1) is 7.40. The highest BCUT2D eigenvalue weighted by molar-refractivity contribution is 5.58. The van der Waals surface area contributed by atoms with Crippen LogP contribution >= 0.6 is 0 Å². The van der Waals surface area contributed by atoms with Crippen LogP contribution in [0.4, 0.5) is 11.4 Å². The lowest BCUT2D eigenvalue weighted by atomic mass is 10.2. The van der Waals surface area contributed by atoms with Gasteiger partial charge in [0, 0.05) is 24.5 Å². The Balaban J connectivity index is 2.08. The molecule has 15 heavy (non-hydrogen) atoms. The summed E-state index contributed by atoms with van der Waals surface area (Å²) in [6, 6.07) is 8.46. The van der Waals surface area contributed by atoms with Crippen LogP contribution < -0.4 is 10.2 Å². The van der Waals surface area contributed by atoms with Gasteiger partial charge >= 0.3 is 0 Å². The van der Waals surface area contributed by atoms with Crippen LogP contribution in [0.3, 0.4) is 0 Å². The van der Waals surface area contributed by atoms with Crippen molar-refractivity contribution in [3.63, 3.8) is 0 Å². The molecule has 0 aromatic heterocycles. The van der Waals surface area contributed by atoms with Gasteiger partial charge in [0.05, 0.1) is 6.54 Å². The molecule has 0 aliphatic carbocycles. The van der Waals surface area contributed by atoms with Gasteiger partial charge in [-0.15, -0.1) is 6.42 Å². The van der Waals surface area contributed by atoms with Gasteiger partial charge in [-0.2, -0.15) is 0 Å². The van der Waals surface area contributed by atoms with Crippen molar-refractivity contribution in [1.82, 2.24) is 0 Å². The van der Waals surface area contributed by atoms with Crippen LogP contribution in [-0.4, -0.2) is 19.6 Å². The van der Waals surface area contributed by atoms with Crippen LogP contribution in [0.15, 0.2) is 24.3 Å². The minimum atomic E-state index is 0.587. The summed E-state index contributed by atoms with van der Waals surface area (Å²) in [7, 11) is 0. The molecule has 1 aromatic carbocycles. The van der Waals surface area contributed by atoms with Gasteiger partial charge in [-0.25, -0.2) is 0 Å². The SMILES string of the molecule is C#CCNc1cccc(N2CCCC2)c1. The molecule has 1 fully saturated rings. The van der Waals surface area contributed by atoms with E-state index in [9.17, 15) is 0 Å². The molecule has 2 rings (SSSR count). The molecule has 1 N–H and O–H groups in total. The Kier molecular flexibility index (Phi) is 3.14. The number of hydrogen-bond acceptors (Lipinski definition) is 2. The number of benzene rings is 1. The van der Waals surface area contributed by atoms with E-state index in [2.05, 4.69) is 40.4 Å². The minimum Gasteiger partial charge on any atom is -0.374 e. The second-order valence-electron chi connectivity index (χ2n) is 3.80. The fraction of sp³-hybridized carbons (Fsp3) is 0.385. The summed E-state index contributed by atoms with van der Waals surface area (Å²) >= 11 is 0. The molecule has 0 unspecified atom stereocenters. The van der Waals surface area contributed by atoms with Crippen molar-refractivity contribution in [2.45, 2.75) is 12.8 Å². The Morgan fingerprint density at radius 1 is 1.33 bits per heavy atom. The average Bonchev–Trinajstić information content (AvgIpc) is 2.80. The molecule has 0 atom stereocenters. The van der Waals surface area contributed by atoms with E-state index in [1.165, 1.54) is 31.6 Å². The third-order valence-corrected chi connectivity index (χ3v) is 2.71. The van der Waals surface area contributed by atoms with Crippen molar-refractivity contribution in [3.8, 4) is 12.3 Å². The largest absolute Gasteiger partial charge is 0.374 e. The average molecular weight is 200 g/mol. The van der Waals surface area contributed by atoms with Gasteiger partial charge in [0.15, 0.2) is 0 Å². The number of nitrogens with one attached hydrogen (secondary N) is 1. The molecule has 1 saturated heterocycles. The number of anilines is 2. The molecule has 1 aromatic rings. The monoisotopic (exact) mass is 200 g/mol. The third kappa shape index (κ3) is 2.44. The van der Waals surface area contributed by atoms with Gasteiger partial charge in [-0.1, -0.05) is 12.0 Å². The lowest BCUT2D eigenvalue weighted by Gasteiger charge is -2.18. The number of rotatable bonds is 3. The van der Waals surface area contributed by atoms with Crippen LogP contribution in [-0.2, 0) is 0 Å². The van der Waals surface area contributed by atoms with Crippen molar-refractivity contribution < 1.29 is 0 Å². The Hall–Kier alpha value is -1.62. The molecule has 2 heteroatoms. The molecule has 0 bridgehead atoms. The molecular formula is C13H16N2. The van der Waals surface area contributed by atoms with Gasteiger partial charge in [0.25, 0.3) is 0 Å². The van der Waals surface area contributed by atoms with E-state index in [0.717, 1.165) is 5.69 Å². The van der Waals surface area contributed by atoms with E-state index in [0.29, 0.717) is 6.54 Å². The van der Waals surface area contributed by atoms with Crippen molar-refractivity contribution in [2.24, 2.45) is 0 Å². The fourth-order valence-corrected chi connectivity index (χ4v) is 1.94. The van der Waals surface area contributed by atoms with Gasteiger partial charge < -0.3 is 10.2 Å². The van der Waals surface area contributed by atoms with E-state index in [-0.39, 0.29) is 0 Å². The topological polar surface area (TPSA) is 15.3 Å². The zero-order valence-electron chi connectivity index (χ0n) is 8.87. The lowest BCUT2D eigenvalue weighted by molar-refractivity contribution is 0.949. The van der Waals surface area contributed by atoms with Gasteiger partial charge in [-0.3, -0.25) is 0 Å². The number of nitrogens with zero attached hydrogens (tertiary/aromatic N) is 1.